The van der Waals surface area contributed by atoms with Crippen LogP contribution in [0.15, 0.2) is 12.1 Å². The third-order valence-corrected chi connectivity index (χ3v) is 5.67. The zero-order valence-corrected chi connectivity index (χ0v) is 13.7. The second kappa shape index (κ2) is 5.57. The van der Waals surface area contributed by atoms with Gasteiger partial charge < -0.3 is 10.1 Å². The van der Waals surface area contributed by atoms with Gasteiger partial charge in [-0.3, -0.25) is 0 Å². The maximum absolute atomic E-state index is 6.22. The first-order valence-electron chi connectivity index (χ1n) is 7.05. The molecule has 0 aliphatic heterocycles. The molecule has 2 fully saturated rings. The van der Waals surface area contributed by atoms with Crippen molar-refractivity contribution in [3.05, 3.63) is 27.2 Å². The molecular weight excluding hydrogens is 317 g/mol. The third kappa shape index (κ3) is 2.31. The molecule has 2 unspecified atom stereocenters. The van der Waals surface area contributed by atoms with Crippen molar-refractivity contribution in [2.24, 2.45) is 5.41 Å². The number of benzene rings is 1. The van der Waals surface area contributed by atoms with Gasteiger partial charge in [0.2, 0.25) is 0 Å². The zero-order chi connectivity index (χ0) is 14.3. The minimum Gasteiger partial charge on any atom is -0.487 e. The van der Waals surface area contributed by atoms with Gasteiger partial charge in [0.1, 0.15) is 6.10 Å². The van der Waals surface area contributed by atoms with E-state index in [1.807, 2.05) is 7.05 Å². The van der Waals surface area contributed by atoms with Gasteiger partial charge in [-0.2, -0.15) is 0 Å². The minimum atomic E-state index is 0.193. The van der Waals surface area contributed by atoms with Crippen LogP contribution in [0.1, 0.15) is 32.1 Å². The molecule has 2 atom stereocenters. The minimum absolute atomic E-state index is 0.193. The maximum atomic E-state index is 6.22. The molecule has 0 heterocycles. The fourth-order valence-electron chi connectivity index (χ4n) is 3.81. The van der Waals surface area contributed by atoms with Crippen molar-refractivity contribution in [2.45, 2.75) is 44.2 Å². The molecule has 2 saturated carbocycles. The van der Waals surface area contributed by atoms with Crippen molar-refractivity contribution in [3.63, 3.8) is 0 Å². The maximum Gasteiger partial charge on any atom is 0.157 e. The van der Waals surface area contributed by atoms with Gasteiger partial charge in [-0.25, -0.2) is 0 Å². The molecule has 1 aromatic rings. The van der Waals surface area contributed by atoms with Crippen molar-refractivity contribution >= 4 is 34.8 Å². The Kier molecular flexibility index (Phi) is 4.11. The van der Waals surface area contributed by atoms with Crippen LogP contribution >= 0.6 is 34.8 Å². The monoisotopic (exact) mass is 333 g/mol. The highest BCUT2D eigenvalue weighted by atomic mass is 35.5. The summed E-state index contributed by atoms with van der Waals surface area (Å²) in [6.45, 7) is 0. The van der Waals surface area contributed by atoms with Gasteiger partial charge >= 0.3 is 0 Å². The predicted molar refractivity (Wildman–Crippen MR) is 84.3 cm³/mol. The van der Waals surface area contributed by atoms with E-state index in [1.54, 1.807) is 12.1 Å². The zero-order valence-electron chi connectivity index (χ0n) is 11.4. The van der Waals surface area contributed by atoms with E-state index in [1.165, 1.54) is 25.7 Å². The van der Waals surface area contributed by atoms with Crippen LogP contribution < -0.4 is 10.1 Å². The molecular formula is C15H18Cl3NO. The van der Waals surface area contributed by atoms with E-state index in [0.717, 1.165) is 6.42 Å². The SMILES string of the molecule is CNC1CC(Oc2c(Cl)cc(Cl)cc2Cl)C12CCCC2. The molecule has 1 aromatic carbocycles. The van der Waals surface area contributed by atoms with Crippen molar-refractivity contribution in [3.8, 4) is 5.75 Å². The van der Waals surface area contributed by atoms with Gasteiger partial charge in [0.15, 0.2) is 5.75 Å². The first kappa shape index (κ1) is 14.8. The molecule has 1 N–H and O–H groups in total. The van der Waals surface area contributed by atoms with Gasteiger partial charge in [-0.15, -0.1) is 0 Å². The first-order chi connectivity index (χ1) is 9.56. The number of halogens is 3. The Hall–Kier alpha value is -0.150. The topological polar surface area (TPSA) is 21.3 Å². The molecule has 1 spiro atoms. The Morgan fingerprint density at radius 3 is 2.30 bits per heavy atom. The van der Waals surface area contributed by atoms with Crippen LogP contribution in [-0.4, -0.2) is 19.2 Å². The standard InChI is InChI=1S/C15H18Cl3NO/c1-19-12-8-13(15(12)4-2-3-5-15)20-14-10(17)6-9(16)7-11(14)18/h6-7,12-13,19H,2-5,8H2,1H3. The first-order valence-corrected chi connectivity index (χ1v) is 8.18. The van der Waals surface area contributed by atoms with Gasteiger partial charge in [-0.1, -0.05) is 47.6 Å². The van der Waals surface area contributed by atoms with Crippen LogP contribution in [0.2, 0.25) is 15.1 Å². The molecule has 0 saturated heterocycles. The average Bonchev–Trinajstić information content (AvgIpc) is 2.88. The van der Waals surface area contributed by atoms with Crippen LogP contribution in [0.5, 0.6) is 5.75 Å². The van der Waals surface area contributed by atoms with Gasteiger partial charge in [-0.05, 0) is 32.0 Å². The van der Waals surface area contributed by atoms with E-state index in [2.05, 4.69) is 5.32 Å². The highest BCUT2D eigenvalue weighted by Gasteiger charge is 2.57. The number of ether oxygens (including phenoxy) is 1. The Labute approximate surface area is 134 Å². The molecule has 0 radical (unpaired) electrons. The summed E-state index contributed by atoms with van der Waals surface area (Å²) < 4.78 is 6.17. The summed E-state index contributed by atoms with van der Waals surface area (Å²) >= 11 is 18.4. The van der Waals surface area contributed by atoms with Gasteiger partial charge in [0.05, 0.1) is 10.0 Å². The van der Waals surface area contributed by atoms with E-state index in [-0.39, 0.29) is 11.5 Å². The fraction of sp³-hybridized carbons (Fsp3) is 0.600. The largest absolute Gasteiger partial charge is 0.487 e. The molecule has 2 nitrogen and oxygen atoms in total. The fourth-order valence-corrected chi connectivity index (χ4v) is 4.71. The van der Waals surface area contributed by atoms with Gasteiger partial charge in [0.25, 0.3) is 0 Å². The molecule has 0 amide bonds. The number of nitrogens with one attached hydrogen (secondary N) is 1. The van der Waals surface area contributed by atoms with E-state index >= 15 is 0 Å². The van der Waals surface area contributed by atoms with Crippen molar-refractivity contribution in [1.82, 2.24) is 5.32 Å². The van der Waals surface area contributed by atoms with E-state index in [9.17, 15) is 0 Å². The summed E-state index contributed by atoms with van der Waals surface area (Å²) in [6.07, 6.45) is 6.18. The summed E-state index contributed by atoms with van der Waals surface area (Å²) in [4.78, 5) is 0. The molecule has 20 heavy (non-hydrogen) atoms. The number of hydrogen-bond donors (Lipinski definition) is 1. The van der Waals surface area contributed by atoms with Crippen LogP contribution in [-0.2, 0) is 0 Å². The Morgan fingerprint density at radius 2 is 1.75 bits per heavy atom. The lowest BCUT2D eigenvalue weighted by Crippen LogP contribution is -2.63. The van der Waals surface area contributed by atoms with Crippen LogP contribution in [0.4, 0.5) is 0 Å². The van der Waals surface area contributed by atoms with Crippen LogP contribution in [0, 0.1) is 5.41 Å². The normalized spacial score (nSPS) is 27.6. The molecule has 5 heteroatoms. The van der Waals surface area contributed by atoms with E-state index in [0.29, 0.717) is 26.9 Å². The smallest absolute Gasteiger partial charge is 0.157 e. The van der Waals surface area contributed by atoms with Crippen molar-refractivity contribution in [1.29, 1.82) is 0 Å². The number of rotatable bonds is 3. The summed E-state index contributed by atoms with van der Waals surface area (Å²) in [6, 6.07) is 3.90. The van der Waals surface area contributed by atoms with Crippen molar-refractivity contribution < 1.29 is 4.74 Å². The lowest BCUT2D eigenvalue weighted by molar-refractivity contribution is -0.0735. The second-order valence-electron chi connectivity index (χ2n) is 5.82. The predicted octanol–water partition coefficient (Wildman–Crippen LogP) is 4.95. The molecule has 110 valence electrons. The second-order valence-corrected chi connectivity index (χ2v) is 7.07. The number of hydrogen-bond acceptors (Lipinski definition) is 2. The molecule has 0 bridgehead atoms. The molecule has 2 aliphatic carbocycles. The lowest BCUT2D eigenvalue weighted by Gasteiger charge is -2.53. The van der Waals surface area contributed by atoms with Crippen LogP contribution in [0.3, 0.4) is 0 Å². The molecule has 2 aliphatic rings. The summed E-state index contributed by atoms with van der Waals surface area (Å²) in [7, 11) is 2.03. The summed E-state index contributed by atoms with van der Waals surface area (Å²) in [5.41, 5.74) is 0.251. The van der Waals surface area contributed by atoms with Gasteiger partial charge in [0, 0.05) is 22.9 Å². The van der Waals surface area contributed by atoms with Crippen molar-refractivity contribution in [2.75, 3.05) is 7.05 Å². The summed E-state index contributed by atoms with van der Waals surface area (Å²) in [5, 5.41) is 4.93. The average molecular weight is 335 g/mol. The quantitative estimate of drug-likeness (QED) is 0.844. The Balaban J connectivity index is 1.82. The third-order valence-electron chi connectivity index (χ3n) is 4.89. The highest BCUT2D eigenvalue weighted by molar-refractivity contribution is 6.40. The summed E-state index contributed by atoms with van der Waals surface area (Å²) in [5.74, 6) is 0.573. The van der Waals surface area contributed by atoms with E-state index in [4.69, 9.17) is 39.5 Å². The Morgan fingerprint density at radius 1 is 1.15 bits per heavy atom. The Bertz CT molecular complexity index is 491. The lowest BCUT2D eigenvalue weighted by atomic mass is 9.60. The van der Waals surface area contributed by atoms with Crippen LogP contribution in [0.25, 0.3) is 0 Å². The molecule has 0 aromatic heterocycles. The highest BCUT2D eigenvalue weighted by Crippen LogP contribution is 2.55. The molecule has 3 rings (SSSR count). The van der Waals surface area contributed by atoms with E-state index < -0.39 is 0 Å².